The summed E-state index contributed by atoms with van der Waals surface area (Å²) in [6, 6.07) is 1.11. The lowest BCUT2D eigenvalue weighted by atomic mass is 10.1. The van der Waals surface area contributed by atoms with E-state index < -0.39 is 24.2 Å². The molecule has 2 radical (unpaired) electrons. The van der Waals surface area contributed by atoms with Crippen LogP contribution in [0.15, 0.2) is 10.6 Å². The van der Waals surface area contributed by atoms with Crippen molar-refractivity contribution in [2.75, 3.05) is 6.61 Å². The standard InChI is InChI=1S/C14H26BN3O2SSi/c1-14(2,3)21(19)16-9-13-17-12(15)10-18(13)11-20-7-8-22(4,5)6/h9-10H,7-8,11H2,1-6H3. The fourth-order valence-electron chi connectivity index (χ4n) is 1.45. The van der Waals surface area contributed by atoms with Crippen LogP contribution in [0.3, 0.4) is 0 Å². The van der Waals surface area contributed by atoms with Gasteiger partial charge in [-0.2, -0.15) is 0 Å². The average Bonchev–Trinajstić information content (AvgIpc) is 2.70. The Morgan fingerprint density at radius 1 is 1.45 bits per heavy atom. The van der Waals surface area contributed by atoms with Crippen LogP contribution in [-0.4, -0.2) is 47.6 Å². The van der Waals surface area contributed by atoms with Gasteiger partial charge in [0.15, 0.2) is 5.82 Å². The SMILES string of the molecule is [B]c1cn(COCC[Si](C)(C)C)c(C=N[S+]([O-])C(C)(C)C)n1. The fourth-order valence-corrected chi connectivity index (χ4v) is 2.71. The summed E-state index contributed by atoms with van der Waals surface area (Å²) in [6.07, 6.45) is 3.20. The molecule has 0 aliphatic rings. The summed E-state index contributed by atoms with van der Waals surface area (Å²) in [7, 11) is 4.63. The second-order valence-corrected chi connectivity index (χ2v) is 15.0. The summed E-state index contributed by atoms with van der Waals surface area (Å²) in [5, 5.41) is 0. The molecule has 1 atom stereocenters. The van der Waals surface area contributed by atoms with Crippen LogP contribution in [0.4, 0.5) is 0 Å². The maximum absolute atomic E-state index is 11.9. The zero-order valence-corrected chi connectivity index (χ0v) is 16.2. The second-order valence-electron chi connectivity index (χ2n) is 7.44. The zero-order chi connectivity index (χ0) is 17.0. The largest absolute Gasteiger partial charge is 0.591 e. The van der Waals surface area contributed by atoms with Gasteiger partial charge in [-0.25, -0.2) is 4.98 Å². The van der Waals surface area contributed by atoms with E-state index in [2.05, 4.69) is 29.0 Å². The fraction of sp³-hybridized carbons (Fsp3) is 0.714. The first-order chi connectivity index (χ1) is 9.99. The van der Waals surface area contributed by atoms with Gasteiger partial charge in [0.2, 0.25) is 0 Å². The molecule has 0 amide bonds. The average molecular weight is 339 g/mol. The summed E-state index contributed by atoms with van der Waals surface area (Å²) in [4.78, 5) is 4.18. The lowest BCUT2D eigenvalue weighted by molar-refractivity contribution is 0.0869. The van der Waals surface area contributed by atoms with Crippen molar-refractivity contribution in [3.8, 4) is 0 Å². The molecule has 1 unspecified atom stereocenters. The third-order valence-electron chi connectivity index (χ3n) is 2.84. The number of nitrogens with zero attached hydrogens (tertiary/aromatic N) is 3. The van der Waals surface area contributed by atoms with Crippen LogP contribution in [0.1, 0.15) is 26.6 Å². The van der Waals surface area contributed by atoms with Crippen LogP contribution in [0.25, 0.3) is 0 Å². The van der Waals surface area contributed by atoms with Crippen molar-refractivity contribution in [2.45, 2.75) is 57.9 Å². The summed E-state index contributed by atoms with van der Waals surface area (Å²) in [6.45, 7) is 13.7. The van der Waals surface area contributed by atoms with E-state index in [1.165, 1.54) is 6.21 Å². The van der Waals surface area contributed by atoms with E-state index in [9.17, 15) is 4.55 Å². The van der Waals surface area contributed by atoms with Crippen LogP contribution >= 0.6 is 0 Å². The van der Waals surface area contributed by atoms with Gasteiger partial charge in [-0.15, -0.1) is 0 Å². The van der Waals surface area contributed by atoms with Crippen LogP contribution in [0, 0.1) is 0 Å². The van der Waals surface area contributed by atoms with E-state index in [-0.39, 0.29) is 0 Å². The summed E-state index contributed by atoms with van der Waals surface area (Å²) < 4.78 is 23.1. The molecular weight excluding hydrogens is 313 g/mol. The molecule has 1 heterocycles. The van der Waals surface area contributed by atoms with Crippen LogP contribution in [0.2, 0.25) is 25.7 Å². The van der Waals surface area contributed by atoms with Gasteiger partial charge in [-0.05, 0) is 26.8 Å². The van der Waals surface area contributed by atoms with Crippen molar-refractivity contribution in [3.05, 3.63) is 12.0 Å². The molecule has 0 fully saturated rings. The Bertz CT molecular complexity index is 509. The molecule has 1 rings (SSSR count). The van der Waals surface area contributed by atoms with Crippen molar-refractivity contribution in [2.24, 2.45) is 4.40 Å². The minimum atomic E-state index is -1.32. The molecule has 1 aromatic rings. The number of hydrogen-bond donors (Lipinski definition) is 0. The van der Waals surface area contributed by atoms with E-state index in [0.29, 0.717) is 18.1 Å². The van der Waals surface area contributed by atoms with Crippen molar-refractivity contribution in [3.63, 3.8) is 0 Å². The van der Waals surface area contributed by atoms with Crippen LogP contribution in [-0.2, 0) is 22.8 Å². The van der Waals surface area contributed by atoms with Crippen molar-refractivity contribution in [1.29, 1.82) is 0 Å². The minimum absolute atomic E-state index is 0.373. The Morgan fingerprint density at radius 3 is 2.64 bits per heavy atom. The maximum Gasteiger partial charge on any atom is 0.156 e. The van der Waals surface area contributed by atoms with Crippen molar-refractivity contribution >= 4 is 39.1 Å². The number of imidazole rings is 1. The molecule has 0 spiro atoms. The smallest absolute Gasteiger partial charge is 0.156 e. The Kier molecular flexibility index (Phi) is 6.91. The van der Waals surface area contributed by atoms with E-state index >= 15 is 0 Å². The lowest BCUT2D eigenvalue weighted by Crippen LogP contribution is -2.26. The van der Waals surface area contributed by atoms with Crippen molar-refractivity contribution in [1.82, 2.24) is 9.55 Å². The number of rotatable bonds is 7. The second kappa shape index (κ2) is 7.81. The number of hydrogen-bond acceptors (Lipinski definition) is 4. The summed E-state index contributed by atoms with van der Waals surface area (Å²) in [5.74, 6) is 0.558. The lowest BCUT2D eigenvalue weighted by Gasteiger charge is -2.17. The molecule has 8 heteroatoms. The maximum atomic E-state index is 11.9. The Hall–Kier alpha value is -0.568. The van der Waals surface area contributed by atoms with Gasteiger partial charge in [0.1, 0.15) is 36.9 Å². The van der Waals surface area contributed by atoms with E-state index in [1.54, 1.807) is 10.8 Å². The quantitative estimate of drug-likeness (QED) is 0.330. The molecular formula is C14H26BN3O2SSi. The van der Waals surface area contributed by atoms with Gasteiger partial charge in [-0.1, -0.05) is 24.0 Å². The first-order valence-corrected chi connectivity index (χ1v) is 12.2. The number of aromatic nitrogens is 2. The summed E-state index contributed by atoms with van der Waals surface area (Å²) in [5.41, 5.74) is 0.400. The van der Waals surface area contributed by atoms with Gasteiger partial charge in [0.05, 0.1) is 0 Å². The predicted octanol–water partition coefficient (Wildman–Crippen LogP) is 1.87. The molecule has 0 aliphatic heterocycles. The third kappa shape index (κ3) is 7.13. The van der Waals surface area contributed by atoms with Crippen LogP contribution in [0.5, 0.6) is 0 Å². The minimum Gasteiger partial charge on any atom is -0.591 e. The highest BCUT2D eigenvalue weighted by Gasteiger charge is 2.26. The zero-order valence-electron chi connectivity index (χ0n) is 14.4. The first kappa shape index (κ1) is 19.5. The van der Waals surface area contributed by atoms with E-state index in [1.807, 2.05) is 20.8 Å². The monoisotopic (exact) mass is 339 g/mol. The van der Waals surface area contributed by atoms with Crippen LogP contribution < -0.4 is 5.59 Å². The third-order valence-corrected chi connectivity index (χ3v) is 5.89. The molecule has 22 heavy (non-hydrogen) atoms. The van der Waals surface area contributed by atoms with Gasteiger partial charge in [-0.3, -0.25) is 0 Å². The Morgan fingerprint density at radius 2 is 2.09 bits per heavy atom. The summed E-state index contributed by atoms with van der Waals surface area (Å²) >= 11 is -1.32. The van der Waals surface area contributed by atoms with Crippen molar-refractivity contribution < 1.29 is 9.29 Å². The highest BCUT2D eigenvalue weighted by atomic mass is 32.2. The highest BCUT2D eigenvalue weighted by molar-refractivity contribution is 7.91. The molecule has 5 nitrogen and oxygen atoms in total. The number of ether oxygens (including phenoxy) is 1. The molecule has 0 aliphatic carbocycles. The topological polar surface area (TPSA) is 62.5 Å². The predicted molar refractivity (Wildman–Crippen MR) is 97.2 cm³/mol. The molecule has 122 valence electrons. The van der Waals surface area contributed by atoms with Gasteiger partial charge >= 0.3 is 0 Å². The molecule has 0 N–H and O–H groups in total. The molecule has 1 aromatic heterocycles. The van der Waals surface area contributed by atoms with Gasteiger partial charge < -0.3 is 13.9 Å². The molecule has 0 aromatic carbocycles. The first-order valence-electron chi connectivity index (χ1n) is 7.35. The Labute approximate surface area is 139 Å². The van der Waals surface area contributed by atoms with Gasteiger partial charge in [0, 0.05) is 26.5 Å². The molecule has 0 saturated heterocycles. The Balaban J connectivity index is 2.64. The van der Waals surface area contributed by atoms with E-state index in [4.69, 9.17) is 12.6 Å². The van der Waals surface area contributed by atoms with E-state index in [0.717, 1.165) is 12.7 Å². The molecule has 0 bridgehead atoms. The van der Waals surface area contributed by atoms with Gasteiger partial charge in [0.25, 0.3) is 0 Å². The highest BCUT2D eigenvalue weighted by Crippen LogP contribution is 2.16. The molecule has 0 saturated carbocycles. The normalized spacial score (nSPS) is 14.7.